The highest BCUT2D eigenvalue weighted by atomic mass is 19.3. The molecular weight excluding hydrogens is 210 g/mol. The van der Waals surface area contributed by atoms with Gasteiger partial charge in [0, 0.05) is 6.20 Å². The van der Waals surface area contributed by atoms with E-state index in [0.717, 1.165) is 16.8 Å². The number of rotatable bonds is 2. The summed E-state index contributed by atoms with van der Waals surface area (Å²) in [6, 6.07) is 7.19. The second-order valence-corrected chi connectivity index (χ2v) is 3.83. The first-order chi connectivity index (χ1) is 7.56. The molecule has 1 aromatic carbocycles. The number of hydrogen-bond acceptors (Lipinski definition) is 1. The molecule has 2 nitrogen and oxygen atoms in total. The highest BCUT2D eigenvalue weighted by molar-refractivity contribution is 5.38. The van der Waals surface area contributed by atoms with E-state index in [4.69, 9.17) is 0 Å². The number of halogens is 2. The van der Waals surface area contributed by atoms with E-state index in [1.807, 2.05) is 32.0 Å². The van der Waals surface area contributed by atoms with Gasteiger partial charge in [-0.3, -0.25) is 0 Å². The van der Waals surface area contributed by atoms with Gasteiger partial charge in [0.15, 0.2) is 0 Å². The van der Waals surface area contributed by atoms with Gasteiger partial charge in [0.2, 0.25) is 0 Å². The van der Waals surface area contributed by atoms with Crippen molar-refractivity contribution in [3.8, 4) is 5.69 Å². The zero-order valence-electron chi connectivity index (χ0n) is 9.11. The Labute approximate surface area is 92.5 Å². The zero-order chi connectivity index (χ0) is 11.7. The maximum atomic E-state index is 12.4. The minimum atomic E-state index is -2.52. The van der Waals surface area contributed by atoms with Crippen LogP contribution in [0.3, 0.4) is 0 Å². The molecule has 0 fully saturated rings. The van der Waals surface area contributed by atoms with E-state index in [0.29, 0.717) is 0 Å². The summed E-state index contributed by atoms with van der Waals surface area (Å²) in [6.07, 6.45) is -0.970. The average Bonchev–Trinajstić information content (AvgIpc) is 2.64. The molecule has 0 unspecified atom stereocenters. The van der Waals surface area contributed by atoms with Crippen molar-refractivity contribution in [3.63, 3.8) is 0 Å². The Hall–Kier alpha value is -1.71. The summed E-state index contributed by atoms with van der Waals surface area (Å²) < 4.78 is 26.2. The fraction of sp³-hybridized carbons (Fsp3) is 0.250. The third-order valence-electron chi connectivity index (χ3n) is 2.30. The molecule has 0 radical (unpaired) electrons. The smallest absolute Gasteiger partial charge is 0.240 e. The van der Waals surface area contributed by atoms with Crippen LogP contribution < -0.4 is 0 Å². The maximum Gasteiger partial charge on any atom is 0.282 e. The molecule has 4 heteroatoms. The Morgan fingerprint density at radius 3 is 2.25 bits per heavy atom. The highest BCUT2D eigenvalue weighted by Crippen LogP contribution is 2.18. The van der Waals surface area contributed by atoms with Gasteiger partial charge in [0.25, 0.3) is 6.43 Å². The predicted molar refractivity (Wildman–Crippen MR) is 58.0 cm³/mol. The van der Waals surface area contributed by atoms with E-state index in [1.54, 1.807) is 6.20 Å². The molecular formula is C12H12F2N2. The van der Waals surface area contributed by atoms with Crippen molar-refractivity contribution in [2.24, 2.45) is 0 Å². The van der Waals surface area contributed by atoms with Crippen molar-refractivity contribution in [1.29, 1.82) is 0 Å². The highest BCUT2D eigenvalue weighted by Gasteiger charge is 2.11. The molecule has 0 spiro atoms. The van der Waals surface area contributed by atoms with Crippen LogP contribution in [0.2, 0.25) is 0 Å². The Bertz CT molecular complexity index is 483. The molecule has 0 aliphatic carbocycles. The van der Waals surface area contributed by atoms with Crippen LogP contribution in [0.1, 0.15) is 23.2 Å². The first-order valence-corrected chi connectivity index (χ1v) is 4.98. The summed E-state index contributed by atoms with van der Waals surface area (Å²) in [5, 5.41) is 3.83. The number of nitrogens with zero attached hydrogens (tertiary/aromatic N) is 2. The first-order valence-electron chi connectivity index (χ1n) is 4.98. The third kappa shape index (κ3) is 2.10. The summed E-state index contributed by atoms with van der Waals surface area (Å²) >= 11 is 0. The summed E-state index contributed by atoms with van der Waals surface area (Å²) in [7, 11) is 0. The van der Waals surface area contributed by atoms with Crippen LogP contribution in [-0.2, 0) is 0 Å². The van der Waals surface area contributed by atoms with Crippen LogP contribution in [-0.4, -0.2) is 9.78 Å². The molecule has 0 amide bonds. The SMILES string of the molecule is Cc1cc(C)cc(-n2ccc(C(F)F)n2)c1. The number of aromatic nitrogens is 2. The quantitative estimate of drug-likeness (QED) is 0.761. The normalized spacial score (nSPS) is 11.1. The van der Waals surface area contributed by atoms with Crippen LogP contribution in [0.4, 0.5) is 8.78 Å². The van der Waals surface area contributed by atoms with Crippen molar-refractivity contribution >= 4 is 0 Å². The molecule has 0 bridgehead atoms. The molecule has 0 atom stereocenters. The molecule has 84 valence electrons. The van der Waals surface area contributed by atoms with E-state index in [2.05, 4.69) is 5.10 Å². The molecule has 0 saturated heterocycles. The van der Waals surface area contributed by atoms with Gasteiger partial charge in [0.1, 0.15) is 5.69 Å². The van der Waals surface area contributed by atoms with E-state index in [-0.39, 0.29) is 5.69 Å². The van der Waals surface area contributed by atoms with Gasteiger partial charge < -0.3 is 0 Å². The standard InChI is InChI=1S/C12H12F2N2/c1-8-5-9(2)7-10(6-8)16-4-3-11(15-16)12(13)14/h3-7,12H,1-2H3. The number of alkyl halides is 2. The lowest BCUT2D eigenvalue weighted by Gasteiger charge is -2.04. The number of aryl methyl sites for hydroxylation is 2. The molecule has 2 aromatic rings. The van der Waals surface area contributed by atoms with Crippen molar-refractivity contribution in [2.45, 2.75) is 20.3 Å². The van der Waals surface area contributed by atoms with Gasteiger partial charge in [-0.2, -0.15) is 5.10 Å². The third-order valence-corrected chi connectivity index (χ3v) is 2.30. The Kier molecular flexibility index (Phi) is 2.73. The van der Waals surface area contributed by atoms with Crippen molar-refractivity contribution in [3.05, 3.63) is 47.3 Å². The van der Waals surface area contributed by atoms with E-state index < -0.39 is 6.43 Å². The summed E-state index contributed by atoms with van der Waals surface area (Å²) in [5.41, 5.74) is 2.79. The van der Waals surface area contributed by atoms with Crippen molar-refractivity contribution in [1.82, 2.24) is 9.78 Å². The lowest BCUT2D eigenvalue weighted by atomic mass is 10.1. The van der Waals surface area contributed by atoms with Crippen LogP contribution in [0.5, 0.6) is 0 Å². The van der Waals surface area contributed by atoms with E-state index in [9.17, 15) is 8.78 Å². The van der Waals surface area contributed by atoms with Gasteiger partial charge in [-0.15, -0.1) is 0 Å². The monoisotopic (exact) mass is 222 g/mol. The van der Waals surface area contributed by atoms with Gasteiger partial charge in [-0.25, -0.2) is 13.5 Å². The molecule has 1 aromatic heterocycles. The first kappa shape index (κ1) is 10.8. The fourth-order valence-corrected chi connectivity index (χ4v) is 1.68. The van der Waals surface area contributed by atoms with Crippen molar-refractivity contribution < 1.29 is 8.78 Å². The fourth-order valence-electron chi connectivity index (χ4n) is 1.68. The molecule has 0 N–H and O–H groups in total. The molecule has 16 heavy (non-hydrogen) atoms. The van der Waals surface area contributed by atoms with Gasteiger partial charge in [0.05, 0.1) is 5.69 Å². The largest absolute Gasteiger partial charge is 0.282 e. The summed E-state index contributed by atoms with van der Waals surface area (Å²) in [4.78, 5) is 0. The average molecular weight is 222 g/mol. The van der Waals surface area contributed by atoms with Crippen LogP contribution in [0.25, 0.3) is 5.69 Å². The summed E-state index contributed by atoms with van der Waals surface area (Å²) in [5.74, 6) is 0. The second kappa shape index (κ2) is 4.04. The van der Waals surface area contributed by atoms with Crippen molar-refractivity contribution in [2.75, 3.05) is 0 Å². The number of benzene rings is 1. The minimum absolute atomic E-state index is 0.195. The van der Waals surface area contributed by atoms with Gasteiger partial charge in [-0.05, 0) is 43.2 Å². The second-order valence-electron chi connectivity index (χ2n) is 3.83. The lowest BCUT2D eigenvalue weighted by Crippen LogP contribution is -1.97. The lowest BCUT2D eigenvalue weighted by molar-refractivity contribution is 0.145. The van der Waals surface area contributed by atoms with E-state index >= 15 is 0 Å². The zero-order valence-corrected chi connectivity index (χ0v) is 9.11. The van der Waals surface area contributed by atoms with E-state index in [1.165, 1.54) is 10.7 Å². The Morgan fingerprint density at radius 1 is 1.12 bits per heavy atom. The minimum Gasteiger partial charge on any atom is -0.240 e. The molecule has 0 aliphatic heterocycles. The van der Waals surface area contributed by atoms with Gasteiger partial charge >= 0.3 is 0 Å². The Balaban J connectivity index is 2.42. The topological polar surface area (TPSA) is 17.8 Å². The molecule has 0 aliphatic rings. The number of hydrogen-bond donors (Lipinski definition) is 0. The van der Waals surface area contributed by atoms with Crippen LogP contribution >= 0.6 is 0 Å². The molecule has 2 rings (SSSR count). The molecule has 0 saturated carbocycles. The van der Waals surface area contributed by atoms with Crippen LogP contribution in [0.15, 0.2) is 30.5 Å². The maximum absolute atomic E-state index is 12.4. The Morgan fingerprint density at radius 2 is 1.75 bits per heavy atom. The summed E-state index contributed by atoms with van der Waals surface area (Å²) in [6.45, 7) is 3.93. The predicted octanol–water partition coefficient (Wildman–Crippen LogP) is 3.43. The molecule has 1 heterocycles. The van der Waals surface area contributed by atoms with Gasteiger partial charge in [-0.1, -0.05) is 6.07 Å². The van der Waals surface area contributed by atoms with Crippen LogP contribution in [0, 0.1) is 13.8 Å².